The fraction of sp³-hybridized carbons (Fsp3) is 0.412. The number of nitrogens with one attached hydrogen (secondary N) is 2. The average molecular weight is 636 g/mol. The standard InChI is InChI=1S/C34H41N3O7S/c1-22-29(21-45-32-28(33(41)42)7-6-18-36-32)43-34(44-31(22)26-13-11-25(20-38)12-14-26)27-15-9-24(10-16-27)19-37-30(40)8-4-3-5-17-35-23(2)39/h6-7,9-16,18,22,29,31,34,38H,3-5,8,17,19-21H2,1-2H3,(H,35,39)(H,37,40)(H,41,42)/t22-,29+,31+,34+/m0/s1. The lowest BCUT2D eigenvalue weighted by Crippen LogP contribution is -2.38. The number of carboxylic acid groups (broad SMARTS) is 1. The van der Waals surface area contributed by atoms with Crippen LogP contribution in [0.15, 0.2) is 71.9 Å². The van der Waals surface area contributed by atoms with Crippen LogP contribution in [0.2, 0.25) is 0 Å². The van der Waals surface area contributed by atoms with Gasteiger partial charge in [0.15, 0.2) is 6.29 Å². The van der Waals surface area contributed by atoms with E-state index in [0.717, 1.165) is 41.5 Å². The number of ether oxygens (including phenoxy) is 2. The number of hydrogen-bond donors (Lipinski definition) is 4. The molecule has 1 fully saturated rings. The largest absolute Gasteiger partial charge is 0.478 e. The second kappa shape index (κ2) is 17.1. The van der Waals surface area contributed by atoms with Gasteiger partial charge in [0, 0.05) is 49.9 Å². The van der Waals surface area contributed by atoms with Gasteiger partial charge in [0.25, 0.3) is 0 Å². The Bertz CT molecular complexity index is 1420. The second-order valence-corrected chi connectivity index (χ2v) is 12.1. The summed E-state index contributed by atoms with van der Waals surface area (Å²) in [5.41, 5.74) is 3.69. The number of carboxylic acids is 1. The van der Waals surface area contributed by atoms with E-state index in [1.165, 1.54) is 18.7 Å². The molecule has 0 bridgehead atoms. The number of amides is 2. The Morgan fingerprint density at radius 1 is 0.911 bits per heavy atom. The highest BCUT2D eigenvalue weighted by Gasteiger charge is 2.38. The van der Waals surface area contributed by atoms with Gasteiger partial charge < -0.3 is 30.3 Å². The fourth-order valence-corrected chi connectivity index (χ4v) is 6.22. The minimum atomic E-state index is -1.03. The number of hydrogen-bond acceptors (Lipinski definition) is 8. The quantitative estimate of drug-likeness (QED) is 0.131. The lowest BCUT2D eigenvalue weighted by Gasteiger charge is -2.41. The van der Waals surface area contributed by atoms with Gasteiger partial charge in [-0.1, -0.05) is 61.9 Å². The second-order valence-electron chi connectivity index (χ2n) is 11.1. The number of aromatic carboxylic acids is 1. The van der Waals surface area contributed by atoms with Crippen molar-refractivity contribution >= 4 is 29.5 Å². The zero-order chi connectivity index (χ0) is 32.2. The van der Waals surface area contributed by atoms with Crippen molar-refractivity contribution in [3.8, 4) is 0 Å². The molecular formula is C34H41N3O7S. The molecule has 1 aromatic heterocycles. The van der Waals surface area contributed by atoms with E-state index in [-0.39, 0.29) is 42.1 Å². The summed E-state index contributed by atoms with van der Waals surface area (Å²) in [6, 6.07) is 18.6. The van der Waals surface area contributed by atoms with Crippen LogP contribution in [0.3, 0.4) is 0 Å². The summed E-state index contributed by atoms with van der Waals surface area (Å²) in [5, 5.41) is 25.2. The Morgan fingerprint density at radius 2 is 1.62 bits per heavy atom. The first-order valence-electron chi connectivity index (χ1n) is 15.2. The van der Waals surface area contributed by atoms with Gasteiger partial charge in [0.2, 0.25) is 11.8 Å². The van der Waals surface area contributed by atoms with Crippen LogP contribution in [0, 0.1) is 5.92 Å². The molecule has 0 unspecified atom stereocenters. The molecule has 4 N–H and O–H groups in total. The van der Waals surface area contributed by atoms with Crippen molar-refractivity contribution in [3.05, 3.63) is 94.7 Å². The highest BCUT2D eigenvalue weighted by Crippen LogP contribution is 2.43. The molecule has 2 aromatic carbocycles. The maximum absolute atomic E-state index is 12.3. The summed E-state index contributed by atoms with van der Waals surface area (Å²) in [4.78, 5) is 39.2. The topological polar surface area (TPSA) is 147 Å². The monoisotopic (exact) mass is 635 g/mol. The third-order valence-corrected chi connectivity index (χ3v) is 8.80. The minimum Gasteiger partial charge on any atom is -0.478 e. The number of carbonyl (C=O) groups is 3. The summed E-state index contributed by atoms with van der Waals surface area (Å²) in [6.45, 7) is 4.53. The van der Waals surface area contributed by atoms with E-state index in [0.29, 0.717) is 30.3 Å². The number of aromatic nitrogens is 1. The SMILES string of the molecule is CC(=O)NCCCCCC(=O)NCc1ccc([C@@H]2O[C@H](CSc3ncccc3C(=O)O)[C@H](C)[C@H](c3ccc(CO)cc3)O2)cc1. The van der Waals surface area contributed by atoms with E-state index in [9.17, 15) is 24.6 Å². The van der Waals surface area contributed by atoms with Crippen LogP contribution in [0.4, 0.5) is 0 Å². The molecule has 10 nitrogen and oxygen atoms in total. The third kappa shape index (κ3) is 10.1. The highest BCUT2D eigenvalue weighted by molar-refractivity contribution is 7.99. The van der Waals surface area contributed by atoms with Crippen molar-refractivity contribution in [2.24, 2.45) is 5.92 Å². The summed E-state index contributed by atoms with van der Waals surface area (Å²) in [7, 11) is 0. The number of nitrogens with zero attached hydrogens (tertiary/aromatic N) is 1. The van der Waals surface area contributed by atoms with E-state index in [1.54, 1.807) is 18.3 Å². The zero-order valence-corrected chi connectivity index (χ0v) is 26.4. The van der Waals surface area contributed by atoms with Crippen LogP contribution in [0.5, 0.6) is 0 Å². The molecule has 4 atom stereocenters. The van der Waals surface area contributed by atoms with Crippen LogP contribution < -0.4 is 10.6 Å². The Kier molecular flexibility index (Phi) is 12.9. The minimum absolute atomic E-state index is 0.0131. The normalized spacial score (nSPS) is 19.5. The summed E-state index contributed by atoms with van der Waals surface area (Å²) < 4.78 is 13.0. The summed E-state index contributed by atoms with van der Waals surface area (Å²) in [6.07, 6.45) is 3.25. The molecule has 0 radical (unpaired) electrons. The van der Waals surface area contributed by atoms with Gasteiger partial charge in [-0.05, 0) is 41.7 Å². The molecule has 0 spiro atoms. The van der Waals surface area contributed by atoms with E-state index in [4.69, 9.17) is 9.47 Å². The van der Waals surface area contributed by atoms with Gasteiger partial charge in [-0.25, -0.2) is 9.78 Å². The Balaban J connectivity index is 1.40. The van der Waals surface area contributed by atoms with E-state index >= 15 is 0 Å². The molecule has 240 valence electrons. The van der Waals surface area contributed by atoms with Gasteiger partial charge in [-0.15, -0.1) is 11.8 Å². The van der Waals surface area contributed by atoms with Gasteiger partial charge in [-0.2, -0.15) is 0 Å². The molecule has 1 aliphatic heterocycles. The number of aliphatic hydroxyl groups excluding tert-OH is 1. The summed E-state index contributed by atoms with van der Waals surface area (Å²) in [5.74, 6) is -0.674. The van der Waals surface area contributed by atoms with Crippen LogP contribution in [0.25, 0.3) is 0 Å². The maximum atomic E-state index is 12.3. The molecular weight excluding hydrogens is 594 g/mol. The van der Waals surface area contributed by atoms with Crippen molar-refractivity contribution in [1.29, 1.82) is 0 Å². The molecule has 4 rings (SSSR count). The van der Waals surface area contributed by atoms with Crippen LogP contribution in [-0.2, 0) is 32.2 Å². The van der Waals surface area contributed by atoms with Gasteiger partial charge >= 0.3 is 5.97 Å². The first kappa shape index (κ1) is 34.1. The zero-order valence-electron chi connectivity index (χ0n) is 25.6. The van der Waals surface area contributed by atoms with Crippen molar-refractivity contribution in [2.75, 3.05) is 12.3 Å². The number of unbranched alkanes of at least 4 members (excludes halogenated alkanes) is 2. The first-order valence-corrected chi connectivity index (χ1v) is 16.2. The Morgan fingerprint density at radius 3 is 2.31 bits per heavy atom. The lowest BCUT2D eigenvalue weighted by molar-refractivity contribution is -0.268. The Labute approximate surface area is 267 Å². The molecule has 0 saturated carbocycles. The molecule has 3 aromatic rings. The molecule has 11 heteroatoms. The van der Waals surface area contributed by atoms with Crippen molar-refractivity contribution in [1.82, 2.24) is 15.6 Å². The van der Waals surface area contributed by atoms with Crippen molar-refractivity contribution in [3.63, 3.8) is 0 Å². The van der Waals surface area contributed by atoms with Gasteiger partial charge in [0.1, 0.15) is 5.03 Å². The van der Waals surface area contributed by atoms with Gasteiger partial charge in [0.05, 0.1) is 24.4 Å². The van der Waals surface area contributed by atoms with E-state index < -0.39 is 12.3 Å². The number of benzene rings is 2. The van der Waals surface area contributed by atoms with Gasteiger partial charge in [-0.3, -0.25) is 9.59 Å². The molecule has 1 aliphatic rings. The number of pyridine rings is 1. The molecule has 45 heavy (non-hydrogen) atoms. The Hall–Kier alpha value is -3.77. The summed E-state index contributed by atoms with van der Waals surface area (Å²) >= 11 is 1.35. The van der Waals surface area contributed by atoms with Crippen molar-refractivity contribution < 1.29 is 34.1 Å². The van der Waals surface area contributed by atoms with Crippen LogP contribution in [0.1, 0.15) is 84.5 Å². The maximum Gasteiger partial charge on any atom is 0.338 e. The fourth-order valence-electron chi connectivity index (χ4n) is 5.07. The predicted octanol–water partition coefficient (Wildman–Crippen LogP) is 5.17. The van der Waals surface area contributed by atoms with E-state index in [1.807, 2.05) is 48.5 Å². The smallest absolute Gasteiger partial charge is 0.338 e. The lowest BCUT2D eigenvalue weighted by atomic mass is 9.91. The average Bonchev–Trinajstić information content (AvgIpc) is 3.05. The highest BCUT2D eigenvalue weighted by atomic mass is 32.2. The molecule has 2 amide bonds. The molecule has 0 aliphatic carbocycles. The van der Waals surface area contributed by atoms with E-state index in [2.05, 4.69) is 22.5 Å². The van der Waals surface area contributed by atoms with Crippen molar-refractivity contribution in [2.45, 2.75) is 76.2 Å². The van der Waals surface area contributed by atoms with Crippen LogP contribution >= 0.6 is 11.8 Å². The number of thioether (sulfide) groups is 1. The van der Waals surface area contributed by atoms with Crippen LogP contribution in [-0.4, -0.2) is 51.4 Å². The number of aliphatic hydroxyl groups is 1. The number of carbonyl (C=O) groups excluding carboxylic acids is 2. The molecule has 2 heterocycles. The molecule has 1 saturated heterocycles. The predicted molar refractivity (Wildman–Crippen MR) is 170 cm³/mol. The third-order valence-electron chi connectivity index (χ3n) is 7.71. The first-order chi connectivity index (χ1) is 21.7. The number of rotatable bonds is 15.